The Morgan fingerprint density at radius 2 is 1.85 bits per heavy atom. The van der Waals surface area contributed by atoms with E-state index in [2.05, 4.69) is 5.10 Å². The summed E-state index contributed by atoms with van der Waals surface area (Å²) in [6.45, 7) is 4.81. The van der Waals surface area contributed by atoms with Crippen molar-refractivity contribution in [3.63, 3.8) is 0 Å². The third-order valence-corrected chi connectivity index (χ3v) is 3.97. The molecule has 0 aliphatic carbocycles. The van der Waals surface area contributed by atoms with E-state index >= 15 is 0 Å². The van der Waals surface area contributed by atoms with E-state index in [9.17, 15) is 18.8 Å². The van der Waals surface area contributed by atoms with Crippen molar-refractivity contribution in [2.45, 2.75) is 26.9 Å². The smallest absolute Gasteiger partial charge is 0.344 e. The lowest BCUT2D eigenvalue weighted by Crippen LogP contribution is -2.45. The number of urea groups is 1. The number of nitrogens with one attached hydrogen (secondary N) is 1. The maximum absolute atomic E-state index is 13.1. The van der Waals surface area contributed by atoms with Crippen molar-refractivity contribution in [1.82, 2.24) is 15.1 Å². The molecule has 144 valence electrons. The van der Waals surface area contributed by atoms with E-state index in [0.717, 1.165) is 0 Å². The summed E-state index contributed by atoms with van der Waals surface area (Å²) in [7, 11) is 0. The first kappa shape index (κ1) is 20.4. The van der Waals surface area contributed by atoms with Gasteiger partial charge in [0, 0.05) is 0 Å². The molecule has 8 nitrogen and oxygen atoms in total. The lowest BCUT2D eigenvalue weighted by atomic mass is 10.1. The SMILES string of the molecule is Cc1nn(-c2ccc(F)cc2)c(Cl)c1C(=O)O[C@@H](C(=O)NC(N)=O)C(C)C. The average Bonchev–Trinajstić information content (AvgIpc) is 2.86. The molecular weight excluding hydrogens is 379 g/mol. The van der Waals surface area contributed by atoms with Crippen LogP contribution in [-0.4, -0.2) is 33.8 Å². The summed E-state index contributed by atoms with van der Waals surface area (Å²) in [5.41, 5.74) is 5.58. The second kappa shape index (κ2) is 8.17. The van der Waals surface area contributed by atoms with Gasteiger partial charge in [0.15, 0.2) is 6.10 Å². The molecule has 2 rings (SSSR count). The van der Waals surface area contributed by atoms with Gasteiger partial charge >= 0.3 is 12.0 Å². The second-order valence-electron chi connectivity index (χ2n) is 6.06. The van der Waals surface area contributed by atoms with E-state index in [1.165, 1.54) is 35.9 Å². The van der Waals surface area contributed by atoms with Crippen molar-refractivity contribution in [2.75, 3.05) is 0 Å². The molecule has 1 aromatic carbocycles. The molecule has 0 spiro atoms. The zero-order chi connectivity index (χ0) is 20.3. The monoisotopic (exact) mass is 396 g/mol. The molecule has 0 bridgehead atoms. The van der Waals surface area contributed by atoms with Crippen LogP contribution in [0.3, 0.4) is 0 Å². The van der Waals surface area contributed by atoms with Gasteiger partial charge in [0.2, 0.25) is 0 Å². The van der Waals surface area contributed by atoms with Crippen LogP contribution < -0.4 is 11.1 Å². The van der Waals surface area contributed by atoms with Crippen LogP contribution in [0.5, 0.6) is 0 Å². The van der Waals surface area contributed by atoms with Crippen LogP contribution in [0.15, 0.2) is 24.3 Å². The molecule has 0 radical (unpaired) electrons. The van der Waals surface area contributed by atoms with Gasteiger partial charge in [-0.3, -0.25) is 10.1 Å². The number of benzene rings is 1. The summed E-state index contributed by atoms with van der Waals surface area (Å²) in [6.07, 6.45) is -1.25. The molecule has 3 N–H and O–H groups in total. The topological polar surface area (TPSA) is 116 Å². The van der Waals surface area contributed by atoms with Crippen LogP contribution in [0.2, 0.25) is 5.15 Å². The molecule has 27 heavy (non-hydrogen) atoms. The van der Waals surface area contributed by atoms with Crippen LogP contribution >= 0.6 is 11.6 Å². The molecule has 1 atom stereocenters. The van der Waals surface area contributed by atoms with Crippen LogP contribution in [-0.2, 0) is 9.53 Å². The predicted molar refractivity (Wildman–Crippen MR) is 95.0 cm³/mol. The van der Waals surface area contributed by atoms with Crippen LogP contribution in [0, 0.1) is 18.7 Å². The van der Waals surface area contributed by atoms with Gasteiger partial charge in [0.25, 0.3) is 5.91 Å². The molecule has 0 unspecified atom stereocenters. The number of ether oxygens (including phenoxy) is 1. The number of nitrogens with two attached hydrogens (primary N) is 1. The number of carbonyl (C=O) groups is 3. The van der Waals surface area contributed by atoms with Gasteiger partial charge in [0.05, 0.1) is 11.4 Å². The molecule has 3 amide bonds. The number of imide groups is 1. The molecule has 0 aliphatic heterocycles. The first-order valence-electron chi connectivity index (χ1n) is 7.94. The van der Waals surface area contributed by atoms with E-state index in [1.54, 1.807) is 13.8 Å². The van der Waals surface area contributed by atoms with E-state index in [0.29, 0.717) is 5.69 Å². The number of primary amides is 1. The number of rotatable bonds is 5. The minimum absolute atomic E-state index is 0.0430. The van der Waals surface area contributed by atoms with Gasteiger partial charge in [-0.05, 0) is 37.1 Å². The Bertz CT molecular complexity index is 880. The van der Waals surface area contributed by atoms with Crippen molar-refractivity contribution in [2.24, 2.45) is 11.7 Å². The summed E-state index contributed by atoms with van der Waals surface area (Å²) in [5, 5.41) is 5.99. The van der Waals surface area contributed by atoms with Crippen molar-refractivity contribution < 1.29 is 23.5 Å². The fraction of sp³-hybridized carbons (Fsp3) is 0.294. The Labute approximate surface area is 159 Å². The highest BCUT2D eigenvalue weighted by Gasteiger charge is 2.31. The van der Waals surface area contributed by atoms with Gasteiger partial charge in [-0.25, -0.2) is 18.7 Å². The zero-order valence-electron chi connectivity index (χ0n) is 14.8. The van der Waals surface area contributed by atoms with Crippen LogP contribution in [0.4, 0.5) is 9.18 Å². The van der Waals surface area contributed by atoms with E-state index < -0.39 is 35.7 Å². The van der Waals surface area contributed by atoms with Crippen molar-refractivity contribution in [1.29, 1.82) is 0 Å². The van der Waals surface area contributed by atoms with E-state index in [1.807, 2.05) is 5.32 Å². The quantitative estimate of drug-likeness (QED) is 0.752. The summed E-state index contributed by atoms with van der Waals surface area (Å²) >= 11 is 6.26. The number of halogens is 2. The van der Waals surface area contributed by atoms with E-state index in [4.69, 9.17) is 22.1 Å². The Morgan fingerprint density at radius 3 is 2.37 bits per heavy atom. The second-order valence-corrected chi connectivity index (χ2v) is 6.42. The third kappa shape index (κ3) is 4.62. The summed E-state index contributed by atoms with van der Waals surface area (Å²) in [5.74, 6) is -2.59. The number of amides is 3. The summed E-state index contributed by atoms with van der Waals surface area (Å²) in [6, 6.07) is 4.29. The van der Waals surface area contributed by atoms with Gasteiger partial charge in [-0.1, -0.05) is 25.4 Å². The molecule has 2 aromatic rings. The first-order chi connectivity index (χ1) is 12.6. The van der Waals surface area contributed by atoms with Gasteiger partial charge in [-0.2, -0.15) is 5.10 Å². The number of hydrogen-bond acceptors (Lipinski definition) is 5. The number of aromatic nitrogens is 2. The summed E-state index contributed by atoms with van der Waals surface area (Å²) < 4.78 is 19.6. The minimum atomic E-state index is -1.25. The first-order valence-corrected chi connectivity index (χ1v) is 8.32. The summed E-state index contributed by atoms with van der Waals surface area (Å²) in [4.78, 5) is 35.5. The fourth-order valence-electron chi connectivity index (χ4n) is 2.34. The van der Waals surface area contributed by atoms with Gasteiger partial charge in [0.1, 0.15) is 16.5 Å². The van der Waals surface area contributed by atoms with Crippen LogP contribution in [0.1, 0.15) is 29.9 Å². The number of nitrogens with zero attached hydrogens (tertiary/aromatic N) is 2. The zero-order valence-corrected chi connectivity index (χ0v) is 15.6. The third-order valence-electron chi connectivity index (χ3n) is 3.62. The maximum atomic E-state index is 13.1. The Morgan fingerprint density at radius 1 is 1.26 bits per heavy atom. The van der Waals surface area contributed by atoms with Gasteiger partial charge < -0.3 is 10.5 Å². The van der Waals surface area contributed by atoms with Crippen molar-refractivity contribution in [3.05, 3.63) is 46.5 Å². The van der Waals surface area contributed by atoms with Gasteiger partial charge in [-0.15, -0.1) is 0 Å². The van der Waals surface area contributed by atoms with Crippen molar-refractivity contribution >= 4 is 29.5 Å². The number of aryl methyl sites for hydroxylation is 1. The molecular formula is C17H18ClFN4O4. The molecule has 0 saturated carbocycles. The Kier molecular flexibility index (Phi) is 6.17. The number of hydrogen-bond donors (Lipinski definition) is 2. The highest BCUT2D eigenvalue weighted by molar-refractivity contribution is 6.33. The highest BCUT2D eigenvalue weighted by atomic mass is 35.5. The highest BCUT2D eigenvalue weighted by Crippen LogP contribution is 2.25. The number of esters is 1. The molecule has 0 aliphatic rings. The lowest BCUT2D eigenvalue weighted by Gasteiger charge is -2.19. The molecule has 10 heteroatoms. The fourth-order valence-corrected chi connectivity index (χ4v) is 2.69. The lowest BCUT2D eigenvalue weighted by molar-refractivity contribution is -0.130. The molecule has 0 fully saturated rings. The molecule has 0 saturated heterocycles. The number of carbonyl (C=O) groups excluding carboxylic acids is 3. The normalized spacial score (nSPS) is 11.9. The van der Waals surface area contributed by atoms with Crippen LogP contribution in [0.25, 0.3) is 5.69 Å². The molecule has 1 heterocycles. The predicted octanol–water partition coefficient (Wildman–Crippen LogP) is 2.35. The Balaban J connectivity index is 2.31. The standard InChI is InChI=1S/C17H18ClFN4O4/c1-8(2)13(15(24)21-17(20)26)27-16(25)12-9(3)22-23(14(12)18)11-6-4-10(19)5-7-11/h4-8,13H,1-3H3,(H3,20,21,24,26)/t13-/m1/s1. The molecule has 1 aromatic heterocycles. The van der Waals surface area contributed by atoms with Crippen molar-refractivity contribution in [3.8, 4) is 5.69 Å². The average molecular weight is 397 g/mol. The maximum Gasteiger partial charge on any atom is 0.344 e. The largest absolute Gasteiger partial charge is 0.448 e. The Hall–Kier alpha value is -2.94. The minimum Gasteiger partial charge on any atom is -0.448 e. The van der Waals surface area contributed by atoms with E-state index in [-0.39, 0.29) is 16.4 Å².